The molecule has 6 heteroatoms. The fraction of sp³-hybridized carbons (Fsp3) is 0.400. The van der Waals surface area contributed by atoms with Crippen molar-refractivity contribution in [1.29, 1.82) is 0 Å². The molecule has 2 aliphatic heterocycles. The zero-order valence-corrected chi connectivity index (χ0v) is 15.7. The summed E-state index contributed by atoms with van der Waals surface area (Å²) in [6.45, 7) is 4.12. The van der Waals surface area contributed by atoms with Gasteiger partial charge in [-0.2, -0.15) is 0 Å². The highest BCUT2D eigenvalue weighted by Gasteiger charge is 2.46. The summed E-state index contributed by atoms with van der Waals surface area (Å²) < 4.78 is 7.86. The SMILES string of the molecule is COc1ncccc1CN1CC[C@]2(CCn3c(-c4cccs4)cnc32)C1. The Morgan fingerprint density at radius 3 is 2.96 bits per heavy atom. The van der Waals surface area contributed by atoms with Gasteiger partial charge in [0.2, 0.25) is 5.88 Å². The molecule has 5 rings (SSSR count). The van der Waals surface area contributed by atoms with Crippen LogP contribution in [0.3, 0.4) is 0 Å². The molecular formula is C20H22N4OS. The summed E-state index contributed by atoms with van der Waals surface area (Å²) in [7, 11) is 1.69. The summed E-state index contributed by atoms with van der Waals surface area (Å²) in [6.07, 6.45) is 6.22. The van der Waals surface area contributed by atoms with Crippen LogP contribution in [0.5, 0.6) is 5.88 Å². The maximum Gasteiger partial charge on any atom is 0.217 e. The Bertz CT molecular complexity index is 920. The van der Waals surface area contributed by atoms with E-state index in [-0.39, 0.29) is 5.41 Å². The number of fused-ring (bicyclic) bond motifs is 2. The highest BCUT2D eigenvalue weighted by Crippen LogP contribution is 2.44. The average Bonchev–Trinajstić information content (AvgIpc) is 3.43. The number of hydrogen-bond acceptors (Lipinski definition) is 5. The van der Waals surface area contributed by atoms with Gasteiger partial charge in [-0.25, -0.2) is 9.97 Å². The average molecular weight is 366 g/mol. The van der Waals surface area contributed by atoms with Crippen LogP contribution in [-0.4, -0.2) is 39.6 Å². The molecular weight excluding hydrogens is 344 g/mol. The maximum atomic E-state index is 5.42. The summed E-state index contributed by atoms with van der Waals surface area (Å²) in [5, 5.41) is 2.14. The Labute approximate surface area is 157 Å². The Morgan fingerprint density at radius 1 is 1.19 bits per heavy atom. The summed E-state index contributed by atoms with van der Waals surface area (Å²) in [5.41, 5.74) is 2.64. The molecule has 2 aliphatic rings. The van der Waals surface area contributed by atoms with Crippen LogP contribution in [0.4, 0.5) is 0 Å². The third-order valence-electron chi connectivity index (χ3n) is 5.79. The van der Waals surface area contributed by atoms with Crippen LogP contribution in [0.2, 0.25) is 0 Å². The van der Waals surface area contributed by atoms with Gasteiger partial charge in [0, 0.05) is 36.8 Å². The molecule has 0 bridgehead atoms. The zero-order valence-electron chi connectivity index (χ0n) is 14.9. The van der Waals surface area contributed by atoms with Crippen molar-refractivity contribution in [3.63, 3.8) is 0 Å². The smallest absolute Gasteiger partial charge is 0.217 e. The second-order valence-corrected chi connectivity index (χ2v) is 8.21. The van der Waals surface area contributed by atoms with Crippen molar-refractivity contribution in [2.24, 2.45) is 0 Å². The van der Waals surface area contributed by atoms with Crippen LogP contribution in [0.15, 0.2) is 42.0 Å². The molecule has 0 unspecified atom stereocenters. The quantitative estimate of drug-likeness (QED) is 0.708. The number of pyridine rings is 1. The van der Waals surface area contributed by atoms with E-state index in [9.17, 15) is 0 Å². The lowest BCUT2D eigenvalue weighted by molar-refractivity contribution is 0.291. The van der Waals surface area contributed by atoms with E-state index in [1.807, 2.05) is 6.07 Å². The minimum absolute atomic E-state index is 0.199. The van der Waals surface area contributed by atoms with Crippen LogP contribution in [0.1, 0.15) is 24.2 Å². The zero-order chi connectivity index (χ0) is 17.6. The van der Waals surface area contributed by atoms with Crippen molar-refractivity contribution in [3.05, 3.63) is 53.4 Å². The predicted molar refractivity (Wildman–Crippen MR) is 103 cm³/mol. The van der Waals surface area contributed by atoms with E-state index in [1.165, 1.54) is 29.2 Å². The summed E-state index contributed by atoms with van der Waals surface area (Å²) in [6, 6.07) is 8.40. The summed E-state index contributed by atoms with van der Waals surface area (Å²) >= 11 is 1.79. The molecule has 1 spiro atoms. The topological polar surface area (TPSA) is 43.2 Å². The van der Waals surface area contributed by atoms with Crippen LogP contribution in [0.25, 0.3) is 10.6 Å². The van der Waals surface area contributed by atoms with E-state index in [2.05, 4.69) is 44.2 Å². The normalized spacial score (nSPS) is 22.2. The first-order chi connectivity index (χ1) is 12.8. The van der Waals surface area contributed by atoms with E-state index in [0.29, 0.717) is 0 Å². The van der Waals surface area contributed by atoms with Gasteiger partial charge >= 0.3 is 0 Å². The van der Waals surface area contributed by atoms with E-state index < -0.39 is 0 Å². The third-order valence-corrected chi connectivity index (χ3v) is 6.68. The lowest BCUT2D eigenvalue weighted by atomic mass is 9.85. The highest BCUT2D eigenvalue weighted by molar-refractivity contribution is 7.13. The van der Waals surface area contributed by atoms with Crippen molar-refractivity contribution in [1.82, 2.24) is 19.4 Å². The van der Waals surface area contributed by atoms with Gasteiger partial charge in [-0.3, -0.25) is 4.90 Å². The third kappa shape index (κ3) is 2.47. The van der Waals surface area contributed by atoms with E-state index in [4.69, 9.17) is 9.72 Å². The van der Waals surface area contributed by atoms with Crippen molar-refractivity contribution in [2.45, 2.75) is 31.3 Å². The molecule has 0 radical (unpaired) electrons. The van der Waals surface area contributed by atoms with E-state index in [1.54, 1.807) is 24.6 Å². The maximum absolute atomic E-state index is 5.42. The molecule has 0 N–H and O–H groups in total. The molecule has 1 saturated heterocycles. The van der Waals surface area contributed by atoms with Gasteiger partial charge in [-0.05, 0) is 36.9 Å². The Kier molecular flexibility index (Phi) is 3.83. The lowest BCUT2D eigenvalue weighted by Crippen LogP contribution is -2.29. The standard InChI is InChI=1S/C20H22N4OS/c1-25-18-15(4-2-8-21-18)13-23-9-6-20(14-23)7-10-24-16(12-22-19(20)24)17-5-3-11-26-17/h2-5,8,11-12H,6-7,9-10,13-14H2,1H3/t20-/m0/s1. The van der Waals surface area contributed by atoms with Gasteiger partial charge in [-0.1, -0.05) is 12.1 Å². The van der Waals surface area contributed by atoms with Crippen molar-refractivity contribution in [3.8, 4) is 16.5 Å². The second kappa shape index (κ2) is 6.21. The monoisotopic (exact) mass is 366 g/mol. The van der Waals surface area contributed by atoms with E-state index in [0.717, 1.165) is 37.6 Å². The molecule has 0 aliphatic carbocycles. The number of imidazole rings is 1. The number of methoxy groups -OCH3 is 1. The number of thiophene rings is 1. The fourth-order valence-corrected chi connectivity index (χ4v) is 5.28. The van der Waals surface area contributed by atoms with Gasteiger partial charge in [0.05, 0.1) is 23.9 Å². The van der Waals surface area contributed by atoms with Crippen molar-refractivity contribution in [2.75, 3.05) is 20.2 Å². The Morgan fingerprint density at radius 2 is 2.12 bits per heavy atom. The first kappa shape index (κ1) is 16.0. The molecule has 0 amide bonds. The Hall–Kier alpha value is -2.18. The molecule has 134 valence electrons. The molecule has 3 aromatic rings. The van der Waals surface area contributed by atoms with Gasteiger partial charge in [0.15, 0.2) is 0 Å². The van der Waals surface area contributed by atoms with Crippen LogP contribution in [0, 0.1) is 0 Å². The number of nitrogens with zero attached hydrogens (tertiary/aromatic N) is 4. The van der Waals surface area contributed by atoms with Crippen LogP contribution in [-0.2, 0) is 18.5 Å². The first-order valence-electron chi connectivity index (χ1n) is 9.09. The molecule has 26 heavy (non-hydrogen) atoms. The number of rotatable bonds is 4. The number of ether oxygens (including phenoxy) is 1. The number of aromatic nitrogens is 3. The van der Waals surface area contributed by atoms with Crippen LogP contribution < -0.4 is 4.74 Å². The number of likely N-dealkylation sites (tertiary alicyclic amines) is 1. The van der Waals surface area contributed by atoms with Crippen molar-refractivity contribution >= 4 is 11.3 Å². The van der Waals surface area contributed by atoms with Gasteiger partial charge in [0.25, 0.3) is 0 Å². The van der Waals surface area contributed by atoms with Crippen LogP contribution >= 0.6 is 11.3 Å². The molecule has 1 atom stereocenters. The van der Waals surface area contributed by atoms with Gasteiger partial charge in [0.1, 0.15) is 5.82 Å². The first-order valence-corrected chi connectivity index (χ1v) is 9.97. The molecule has 3 aromatic heterocycles. The summed E-state index contributed by atoms with van der Waals surface area (Å²) in [4.78, 5) is 13.0. The molecule has 0 aromatic carbocycles. The van der Waals surface area contributed by atoms with E-state index >= 15 is 0 Å². The summed E-state index contributed by atoms with van der Waals surface area (Å²) in [5.74, 6) is 2.02. The second-order valence-electron chi connectivity index (χ2n) is 7.26. The minimum atomic E-state index is 0.199. The van der Waals surface area contributed by atoms with Gasteiger partial charge < -0.3 is 9.30 Å². The molecule has 5 heterocycles. The highest BCUT2D eigenvalue weighted by atomic mass is 32.1. The fourth-order valence-electron chi connectivity index (χ4n) is 4.53. The Balaban J connectivity index is 1.39. The predicted octanol–water partition coefficient (Wildman–Crippen LogP) is 3.56. The number of hydrogen-bond donors (Lipinski definition) is 0. The molecule has 1 fully saturated rings. The van der Waals surface area contributed by atoms with Gasteiger partial charge in [-0.15, -0.1) is 11.3 Å². The molecule has 5 nitrogen and oxygen atoms in total. The van der Waals surface area contributed by atoms with Crippen molar-refractivity contribution < 1.29 is 4.74 Å². The largest absolute Gasteiger partial charge is 0.481 e. The minimum Gasteiger partial charge on any atom is -0.481 e. The lowest BCUT2D eigenvalue weighted by Gasteiger charge is -2.23. The molecule has 0 saturated carbocycles.